The van der Waals surface area contributed by atoms with E-state index >= 15 is 0 Å². The Hall–Kier alpha value is -7.11. The zero-order valence-electron chi connectivity index (χ0n) is 45.7. The first-order chi connectivity index (χ1) is 33.9. The van der Waals surface area contributed by atoms with Gasteiger partial charge in [-0.15, -0.1) is 0 Å². The topological polar surface area (TPSA) is 51.1 Å². The van der Waals surface area contributed by atoms with Crippen LogP contribution >= 0.6 is 0 Å². The highest BCUT2D eigenvalue weighted by Gasteiger charge is 2.23. The van der Waals surface area contributed by atoms with Crippen LogP contribution < -0.4 is 15.4 Å². The van der Waals surface area contributed by atoms with Crippen molar-refractivity contribution in [3.8, 4) is 39.6 Å². The van der Waals surface area contributed by atoms with Gasteiger partial charge >= 0.3 is 0 Å². The number of nitrogens with one attached hydrogen (secondary N) is 2. The molecule has 0 atom stereocenters. The Morgan fingerprint density at radius 2 is 1.20 bits per heavy atom. The highest BCUT2D eigenvalue weighted by molar-refractivity contribution is 6.09. The SMILES string of the molecule is [2H]c1c([2H])c([2H])c(-c2cccc(-c3cc(C(C)(C)C)cc(C(C)(C)C)c3)c2Nc2ccccc2Nc2cccc(Oc3ccc4c5ccccc5n(-c5cc(C([2H])([2H])C(C)(C)C)ccn5)c4c3)c2)c([2H])c1[2H]. The predicted octanol–water partition coefficient (Wildman–Crippen LogP) is 17.0. The van der Waals surface area contributed by atoms with E-state index in [4.69, 9.17) is 19.3 Å². The summed E-state index contributed by atoms with van der Waals surface area (Å²) in [7, 11) is 0. The van der Waals surface area contributed by atoms with E-state index in [0.717, 1.165) is 55.4 Å². The maximum atomic E-state index is 9.07. The second-order valence-electron chi connectivity index (χ2n) is 19.8. The lowest BCUT2D eigenvalue weighted by Gasteiger charge is -2.27. The summed E-state index contributed by atoms with van der Waals surface area (Å²) < 4.78 is 70.4. The Morgan fingerprint density at radius 3 is 1.91 bits per heavy atom. The quantitative estimate of drug-likeness (QED) is 0.144. The van der Waals surface area contributed by atoms with E-state index in [1.807, 2.05) is 130 Å². The van der Waals surface area contributed by atoms with Crippen LogP contribution in [-0.4, -0.2) is 9.55 Å². The van der Waals surface area contributed by atoms with Crippen molar-refractivity contribution in [1.29, 1.82) is 0 Å². The van der Waals surface area contributed by atoms with Gasteiger partial charge in [-0.25, -0.2) is 4.98 Å². The van der Waals surface area contributed by atoms with Crippen LogP contribution in [0.4, 0.5) is 22.7 Å². The number of rotatable bonds is 10. The largest absolute Gasteiger partial charge is 0.457 e. The number of aromatic nitrogens is 2. The van der Waals surface area contributed by atoms with Crippen molar-refractivity contribution < 1.29 is 14.3 Å². The average molecular weight is 860 g/mol. The van der Waals surface area contributed by atoms with E-state index in [1.54, 1.807) is 12.3 Å². The van der Waals surface area contributed by atoms with E-state index in [9.17, 15) is 0 Å². The molecule has 9 rings (SSSR count). The summed E-state index contributed by atoms with van der Waals surface area (Å²) in [4.78, 5) is 4.76. The highest BCUT2D eigenvalue weighted by Crippen LogP contribution is 2.43. The predicted molar refractivity (Wildman–Crippen MR) is 276 cm³/mol. The third-order valence-corrected chi connectivity index (χ3v) is 11.5. The summed E-state index contributed by atoms with van der Waals surface area (Å²) in [5, 5.41) is 9.37. The van der Waals surface area contributed by atoms with Gasteiger partial charge in [0.25, 0.3) is 0 Å². The molecule has 0 unspecified atom stereocenters. The zero-order valence-corrected chi connectivity index (χ0v) is 38.7. The van der Waals surface area contributed by atoms with Gasteiger partial charge in [0, 0.05) is 48.7 Å². The maximum absolute atomic E-state index is 9.07. The summed E-state index contributed by atoms with van der Waals surface area (Å²) in [5.41, 5.74) is 8.77. The Kier molecular flexibility index (Phi) is 9.29. The first-order valence-corrected chi connectivity index (χ1v) is 22.2. The van der Waals surface area contributed by atoms with Gasteiger partial charge in [-0.3, -0.25) is 4.57 Å². The maximum Gasteiger partial charge on any atom is 0.137 e. The number of nitrogens with zero attached hydrogens (tertiary/aromatic N) is 2. The Morgan fingerprint density at radius 1 is 0.569 bits per heavy atom. The molecule has 0 fully saturated rings. The van der Waals surface area contributed by atoms with Crippen LogP contribution in [0.1, 0.15) is 88.6 Å². The first-order valence-electron chi connectivity index (χ1n) is 25.7. The van der Waals surface area contributed by atoms with Gasteiger partial charge in [-0.05, 0) is 105 Å². The van der Waals surface area contributed by atoms with Crippen LogP contribution in [-0.2, 0) is 17.2 Å². The summed E-state index contributed by atoms with van der Waals surface area (Å²) >= 11 is 0. The number of fused-ring (bicyclic) bond motifs is 3. The van der Waals surface area contributed by atoms with Gasteiger partial charge in [0.2, 0.25) is 0 Å². The monoisotopic (exact) mass is 860 g/mol. The molecule has 0 aliphatic heterocycles. The molecular formula is C60H60N4O. The molecule has 2 heterocycles. The van der Waals surface area contributed by atoms with Crippen LogP contribution in [0.3, 0.4) is 0 Å². The van der Waals surface area contributed by atoms with Crippen LogP contribution in [0, 0.1) is 5.41 Å². The molecule has 326 valence electrons. The molecule has 5 heteroatoms. The molecule has 0 amide bonds. The third kappa shape index (κ3) is 9.42. The van der Waals surface area contributed by atoms with Gasteiger partial charge < -0.3 is 15.4 Å². The number of para-hydroxylation sites is 4. The van der Waals surface area contributed by atoms with E-state index in [0.29, 0.717) is 39.8 Å². The Bertz CT molecular complexity index is 3500. The molecule has 65 heavy (non-hydrogen) atoms. The van der Waals surface area contributed by atoms with Crippen molar-refractivity contribution in [2.45, 2.75) is 79.5 Å². The molecule has 0 aliphatic rings. The molecule has 5 nitrogen and oxygen atoms in total. The van der Waals surface area contributed by atoms with Crippen LogP contribution in [0.25, 0.3) is 49.9 Å². The number of anilines is 4. The lowest BCUT2D eigenvalue weighted by molar-refractivity contribution is 0.411. The summed E-state index contributed by atoms with van der Waals surface area (Å²) in [5.74, 6) is 1.81. The highest BCUT2D eigenvalue weighted by atomic mass is 16.5. The van der Waals surface area contributed by atoms with Crippen molar-refractivity contribution in [2.24, 2.45) is 5.41 Å². The van der Waals surface area contributed by atoms with Gasteiger partial charge in [0.15, 0.2) is 0 Å². The number of hydrogen-bond donors (Lipinski definition) is 2. The number of ether oxygens (including phenoxy) is 1. The fourth-order valence-electron chi connectivity index (χ4n) is 8.25. The van der Waals surface area contributed by atoms with Gasteiger partial charge in [-0.1, -0.05) is 165 Å². The zero-order chi connectivity index (χ0) is 51.7. The Balaban J connectivity index is 1.10. The first kappa shape index (κ1) is 35.3. The minimum Gasteiger partial charge on any atom is -0.457 e. The van der Waals surface area contributed by atoms with Crippen molar-refractivity contribution >= 4 is 44.6 Å². The normalized spacial score (nSPS) is 13.9. The lowest BCUT2D eigenvalue weighted by atomic mass is 9.78. The molecule has 0 radical (unpaired) electrons. The fraction of sp³-hybridized carbons (Fsp3) is 0.217. The molecule has 9 aromatic rings. The number of hydrogen-bond acceptors (Lipinski definition) is 4. The molecule has 2 aromatic heterocycles. The molecule has 0 bridgehead atoms. The van der Waals surface area contributed by atoms with Gasteiger partial charge in [0.05, 0.1) is 34.9 Å². The minimum absolute atomic E-state index is 0.107. The summed E-state index contributed by atoms with van der Waals surface area (Å²) in [6.07, 6.45) is 0.0674. The third-order valence-electron chi connectivity index (χ3n) is 11.5. The molecular weight excluding hydrogens is 793 g/mol. The lowest BCUT2D eigenvalue weighted by Crippen LogP contribution is -2.16. The van der Waals surface area contributed by atoms with E-state index in [1.165, 1.54) is 0 Å². The molecule has 0 aliphatic carbocycles. The number of pyridine rings is 1. The number of benzene rings is 7. The second-order valence-corrected chi connectivity index (χ2v) is 19.8. The molecule has 7 aromatic carbocycles. The molecule has 0 spiro atoms. The fourth-order valence-corrected chi connectivity index (χ4v) is 8.25. The molecule has 0 saturated heterocycles. The smallest absolute Gasteiger partial charge is 0.137 e. The minimum atomic E-state index is -1.61. The van der Waals surface area contributed by atoms with Gasteiger partial charge in [0.1, 0.15) is 17.3 Å². The van der Waals surface area contributed by atoms with Crippen molar-refractivity contribution in [2.75, 3.05) is 10.6 Å². The summed E-state index contributed by atoms with van der Waals surface area (Å²) in [6, 6.07) is 43.7. The van der Waals surface area contributed by atoms with E-state index in [-0.39, 0.29) is 28.5 Å². The standard InChI is InChI=1S/C60H60N4O/c1-58(2,3)39-40-31-32-61-56(33-40)64-54-28-16-13-23-50(54)51-30-29-47(38-55(51)64)65-46-22-17-21-45(37-46)62-52-26-14-15-27-53(52)63-57-48(41-19-11-10-12-20-41)24-18-25-49(57)42-34-43(59(4,5)6)36-44(35-42)60(7,8)9/h10-38,62-63H,39H2,1-9H3/i10D,11D,12D,19D,20D,39D2. The van der Waals surface area contributed by atoms with Crippen LogP contribution in [0.2, 0.25) is 0 Å². The molecule has 0 saturated carbocycles. The summed E-state index contributed by atoms with van der Waals surface area (Å²) in [6.45, 7) is 18.9. The Labute approximate surface area is 395 Å². The molecule has 2 N–H and O–H groups in total. The average Bonchev–Trinajstić information content (AvgIpc) is 3.66. The van der Waals surface area contributed by atoms with Crippen molar-refractivity contribution in [3.05, 3.63) is 193 Å². The van der Waals surface area contributed by atoms with Crippen LogP contribution in [0.15, 0.2) is 176 Å². The second kappa shape index (κ2) is 17.1. The van der Waals surface area contributed by atoms with Gasteiger partial charge in [-0.2, -0.15) is 0 Å². The van der Waals surface area contributed by atoms with Crippen molar-refractivity contribution in [1.82, 2.24) is 9.55 Å². The van der Waals surface area contributed by atoms with Crippen molar-refractivity contribution in [3.63, 3.8) is 0 Å². The van der Waals surface area contributed by atoms with Crippen LogP contribution in [0.5, 0.6) is 11.5 Å². The van der Waals surface area contributed by atoms with E-state index < -0.39 is 29.9 Å². The van der Waals surface area contributed by atoms with E-state index in [2.05, 4.69) is 81.0 Å².